The lowest BCUT2D eigenvalue weighted by Gasteiger charge is -2.26. The SMILES string of the molecule is CC(C)(C)CC(O)CNC1CCSCC1. The molecule has 0 aromatic carbocycles. The molecule has 0 amide bonds. The first-order chi connectivity index (χ1) is 6.97. The van der Waals surface area contributed by atoms with Crippen LogP contribution in [0.15, 0.2) is 0 Å². The highest BCUT2D eigenvalue weighted by Gasteiger charge is 2.18. The van der Waals surface area contributed by atoms with Gasteiger partial charge in [0.05, 0.1) is 6.10 Å². The molecule has 0 aliphatic carbocycles. The molecule has 2 N–H and O–H groups in total. The van der Waals surface area contributed by atoms with E-state index in [1.807, 2.05) is 11.8 Å². The van der Waals surface area contributed by atoms with Gasteiger partial charge in [0.1, 0.15) is 0 Å². The first kappa shape index (κ1) is 13.3. The third kappa shape index (κ3) is 6.44. The van der Waals surface area contributed by atoms with E-state index in [1.54, 1.807) is 0 Å². The molecule has 1 unspecified atom stereocenters. The zero-order valence-corrected chi connectivity index (χ0v) is 11.1. The van der Waals surface area contributed by atoms with Gasteiger partial charge in [-0.25, -0.2) is 0 Å². The summed E-state index contributed by atoms with van der Waals surface area (Å²) in [5.41, 5.74) is 0.226. The average Bonchev–Trinajstić information content (AvgIpc) is 2.14. The van der Waals surface area contributed by atoms with Gasteiger partial charge in [0.15, 0.2) is 0 Å². The van der Waals surface area contributed by atoms with Gasteiger partial charge in [0.25, 0.3) is 0 Å². The van der Waals surface area contributed by atoms with Crippen molar-refractivity contribution in [2.24, 2.45) is 5.41 Å². The van der Waals surface area contributed by atoms with E-state index in [2.05, 4.69) is 26.1 Å². The molecule has 15 heavy (non-hydrogen) atoms. The zero-order chi connectivity index (χ0) is 11.3. The number of hydrogen-bond donors (Lipinski definition) is 2. The van der Waals surface area contributed by atoms with Crippen molar-refractivity contribution in [2.75, 3.05) is 18.1 Å². The Kier molecular flexibility index (Phi) is 5.44. The van der Waals surface area contributed by atoms with Crippen LogP contribution >= 0.6 is 11.8 Å². The summed E-state index contributed by atoms with van der Waals surface area (Å²) >= 11 is 2.04. The molecule has 1 aliphatic heterocycles. The molecule has 0 saturated carbocycles. The molecule has 0 bridgehead atoms. The van der Waals surface area contributed by atoms with Crippen LogP contribution in [0.2, 0.25) is 0 Å². The number of aliphatic hydroxyl groups is 1. The minimum Gasteiger partial charge on any atom is -0.392 e. The van der Waals surface area contributed by atoms with Gasteiger partial charge < -0.3 is 10.4 Å². The van der Waals surface area contributed by atoms with Crippen LogP contribution in [0.4, 0.5) is 0 Å². The number of rotatable bonds is 4. The molecule has 1 atom stereocenters. The van der Waals surface area contributed by atoms with E-state index in [0.29, 0.717) is 6.04 Å². The van der Waals surface area contributed by atoms with Gasteiger partial charge >= 0.3 is 0 Å². The second kappa shape index (κ2) is 6.12. The molecule has 1 heterocycles. The second-order valence-corrected chi connectivity index (χ2v) is 6.94. The standard InChI is InChI=1S/C12H25NOS/c1-12(2,3)8-11(14)9-13-10-4-6-15-7-5-10/h10-11,13-14H,4-9H2,1-3H3. The Bertz CT molecular complexity index is 173. The van der Waals surface area contributed by atoms with Crippen molar-refractivity contribution in [3.05, 3.63) is 0 Å². The molecule has 0 radical (unpaired) electrons. The number of aliphatic hydroxyl groups excluding tert-OH is 1. The van der Waals surface area contributed by atoms with Crippen LogP contribution in [-0.4, -0.2) is 35.3 Å². The van der Waals surface area contributed by atoms with Gasteiger partial charge in [-0.2, -0.15) is 11.8 Å². The van der Waals surface area contributed by atoms with Gasteiger partial charge in [0, 0.05) is 12.6 Å². The third-order valence-electron chi connectivity index (χ3n) is 2.71. The molecule has 0 aromatic heterocycles. The predicted octanol–water partition coefficient (Wildman–Crippen LogP) is 2.27. The lowest BCUT2D eigenvalue weighted by atomic mass is 9.89. The molecule has 1 fully saturated rings. The maximum Gasteiger partial charge on any atom is 0.0669 e. The van der Waals surface area contributed by atoms with E-state index < -0.39 is 0 Å². The maximum absolute atomic E-state index is 9.85. The molecule has 3 heteroatoms. The van der Waals surface area contributed by atoms with Gasteiger partial charge in [-0.05, 0) is 36.2 Å². The van der Waals surface area contributed by atoms with Gasteiger partial charge in [0.2, 0.25) is 0 Å². The van der Waals surface area contributed by atoms with Crippen molar-refractivity contribution < 1.29 is 5.11 Å². The van der Waals surface area contributed by atoms with Crippen LogP contribution in [-0.2, 0) is 0 Å². The van der Waals surface area contributed by atoms with E-state index in [0.717, 1.165) is 13.0 Å². The molecule has 1 rings (SSSR count). The summed E-state index contributed by atoms with van der Waals surface area (Å²) < 4.78 is 0. The zero-order valence-electron chi connectivity index (χ0n) is 10.3. The molecule has 1 aliphatic rings. The maximum atomic E-state index is 9.85. The topological polar surface area (TPSA) is 32.3 Å². The summed E-state index contributed by atoms with van der Waals surface area (Å²) in [6.07, 6.45) is 3.20. The molecule has 0 aromatic rings. The number of nitrogens with one attached hydrogen (secondary N) is 1. The lowest BCUT2D eigenvalue weighted by molar-refractivity contribution is 0.116. The van der Waals surface area contributed by atoms with E-state index in [9.17, 15) is 5.11 Å². The molecule has 90 valence electrons. The van der Waals surface area contributed by atoms with Crippen LogP contribution in [0.1, 0.15) is 40.0 Å². The molecular weight excluding hydrogens is 206 g/mol. The summed E-state index contributed by atoms with van der Waals surface area (Å²) in [7, 11) is 0. The summed E-state index contributed by atoms with van der Waals surface area (Å²) in [4.78, 5) is 0. The lowest BCUT2D eigenvalue weighted by Crippen LogP contribution is -2.38. The van der Waals surface area contributed by atoms with Crippen LogP contribution in [0, 0.1) is 5.41 Å². The minimum absolute atomic E-state index is 0.195. The Morgan fingerprint density at radius 1 is 1.33 bits per heavy atom. The Labute approximate surface area is 98.2 Å². The summed E-state index contributed by atoms with van der Waals surface area (Å²) in [5, 5.41) is 13.3. The molecular formula is C12H25NOS. The average molecular weight is 231 g/mol. The van der Waals surface area contributed by atoms with Crippen molar-refractivity contribution >= 4 is 11.8 Å². The van der Waals surface area contributed by atoms with Crippen molar-refractivity contribution in [2.45, 2.75) is 52.2 Å². The summed E-state index contributed by atoms with van der Waals surface area (Å²) in [6.45, 7) is 7.28. The van der Waals surface area contributed by atoms with Crippen LogP contribution in [0.3, 0.4) is 0 Å². The van der Waals surface area contributed by atoms with E-state index in [1.165, 1.54) is 24.3 Å². The van der Waals surface area contributed by atoms with Crippen molar-refractivity contribution in [3.8, 4) is 0 Å². The smallest absolute Gasteiger partial charge is 0.0669 e. The second-order valence-electron chi connectivity index (χ2n) is 5.71. The fourth-order valence-corrected chi connectivity index (χ4v) is 3.09. The summed E-state index contributed by atoms with van der Waals surface area (Å²) in [6, 6.07) is 0.640. The first-order valence-corrected chi connectivity index (χ1v) is 7.12. The van der Waals surface area contributed by atoms with E-state index in [-0.39, 0.29) is 11.5 Å². The fraction of sp³-hybridized carbons (Fsp3) is 1.00. The number of thioether (sulfide) groups is 1. The predicted molar refractivity (Wildman–Crippen MR) is 68.4 cm³/mol. The Balaban J connectivity index is 2.12. The normalized spacial score (nSPS) is 21.6. The van der Waals surface area contributed by atoms with Crippen LogP contribution in [0.5, 0.6) is 0 Å². The van der Waals surface area contributed by atoms with Gasteiger partial charge in [-0.15, -0.1) is 0 Å². The minimum atomic E-state index is -0.195. The van der Waals surface area contributed by atoms with Crippen LogP contribution < -0.4 is 5.32 Å². The Hall–Kier alpha value is 0.270. The monoisotopic (exact) mass is 231 g/mol. The van der Waals surface area contributed by atoms with Crippen molar-refractivity contribution in [1.29, 1.82) is 0 Å². The van der Waals surface area contributed by atoms with E-state index >= 15 is 0 Å². The Morgan fingerprint density at radius 3 is 2.47 bits per heavy atom. The van der Waals surface area contributed by atoms with Crippen molar-refractivity contribution in [3.63, 3.8) is 0 Å². The highest BCUT2D eigenvalue weighted by Crippen LogP contribution is 2.21. The third-order valence-corrected chi connectivity index (χ3v) is 3.76. The van der Waals surface area contributed by atoms with Gasteiger partial charge in [-0.1, -0.05) is 20.8 Å². The molecule has 0 spiro atoms. The summed E-state index contributed by atoms with van der Waals surface area (Å²) in [5.74, 6) is 2.54. The molecule has 1 saturated heterocycles. The van der Waals surface area contributed by atoms with Crippen LogP contribution in [0.25, 0.3) is 0 Å². The largest absolute Gasteiger partial charge is 0.392 e. The highest BCUT2D eigenvalue weighted by molar-refractivity contribution is 7.99. The highest BCUT2D eigenvalue weighted by atomic mass is 32.2. The first-order valence-electron chi connectivity index (χ1n) is 5.96. The van der Waals surface area contributed by atoms with Crippen molar-refractivity contribution in [1.82, 2.24) is 5.32 Å². The quantitative estimate of drug-likeness (QED) is 0.778. The number of hydrogen-bond acceptors (Lipinski definition) is 3. The molecule has 2 nitrogen and oxygen atoms in total. The van der Waals surface area contributed by atoms with E-state index in [4.69, 9.17) is 0 Å². The Morgan fingerprint density at radius 2 is 1.93 bits per heavy atom. The van der Waals surface area contributed by atoms with Gasteiger partial charge in [-0.3, -0.25) is 0 Å². The fourth-order valence-electron chi connectivity index (χ4n) is 1.98.